The molecule has 1 aliphatic rings. The Bertz CT molecular complexity index is 556. The largest absolute Gasteiger partial charge is 0.399 e. The molecule has 19 heavy (non-hydrogen) atoms. The first-order valence-corrected chi connectivity index (χ1v) is 8.27. The van der Waals surface area contributed by atoms with Crippen molar-refractivity contribution in [1.29, 1.82) is 0 Å². The molecule has 106 valence electrons. The van der Waals surface area contributed by atoms with Crippen molar-refractivity contribution in [2.75, 3.05) is 25.9 Å². The number of rotatable bonds is 4. The van der Waals surface area contributed by atoms with E-state index in [1.54, 1.807) is 19.2 Å². The molecule has 0 spiro atoms. The number of nitrogen functional groups attached to an aromatic ring is 1. The summed E-state index contributed by atoms with van der Waals surface area (Å²) in [6, 6.07) is 4.69. The van der Waals surface area contributed by atoms with Gasteiger partial charge in [0, 0.05) is 30.4 Å². The van der Waals surface area contributed by atoms with Gasteiger partial charge in [-0.25, -0.2) is 8.42 Å². The van der Waals surface area contributed by atoms with Gasteiger partial charge in [0.1, 0.15) is 0 Å². The second kappa shape index (κ2) is 5.78. The van der Waals surface area contributed by atoms with Gasteiger partial charge in [0.25, 0.3) is 0 Å². The lowest BCUT2D eigenvalue weighted by atomic mass is 10.2. The lowest BCUT2D eigenvalue weighted by molar-refractivity contribution is 0.0979. The highest BCUT2D eigenvalue weighted by molar-refractivity contribution is 9.10. The van der Waals surface area contributed by atoms with Gasteiger partial charge in [-0.1, -0.05) is 0 Å². The number of sulfonamides is 1. The van der Waals surface area contributed by atoms with Gasteiger partial charge in [0.15, 0.2) is 0 Å². The molecule has 0 radical (unpaired) electrons. The molecule has 0 amide bonds. The Morgan fingerprint density at radius 3 is 2.84 bits per heavy atom. The number of benzene rings is 1. The van der Waals surface area contributed by atoms with Crippen LogP contribution in [0.4, 0.5) is 5.69 Å². The number of ether oxygens (including phenoxy) is 1. The molecule has 2 rings (SSSR count). The maximum Gasteiger partial charge on any atom is 0.244 e. The van der Waals surface area contributed by atoms with Gasteiger partial charge in [-0.05, 0) is 47.0 Å². The first-order chi connectivity index (χ1) is 8.91. The summed E-state index contributed by atoms with van der Waals surface area (Å²) in [7, 11) is -1.95. The second-order valence-electron chi connectivity index (χ2n) is 4.61. The average Bonchev–Trinajstić information content (AvgIpc) is 2.81. The first-order valence-electron chi connectivity index (χ1n) is 6.04. The van der Waals surface area contributed by atoms with E-state index in [0.717, 1.165) is 12.8 Å². The van der Waals surface area contributed by atoms with Crippen molar-refractivity contribution in [3.05, 3.63) is 22.7 Å². The van der Waals surface area contributed by atoms with Gasteiger partial charge in [0.05, 0.1) is 11.0 Å². The van der Waals surface area contributed by atoms with Gasteiger partial charge in [-0.2, -0.15) is 4.31 Å². The molecule has 1 aromatic rings. The van der Waals surface area contributed by atoms with E-state index in [2.05, 4.69) is 15.9 Å². The van der Waals surface area contributed by atoms with E-state index in [1.807, 2.05) is 0 Å². The van der Waals surface area contributed by atoms with E-state index >= 15 is 0 Å². The van der Waals surface area contributed by atoms with Crippen molar-refractivity contribution < 1.29 is 13.2 Å². The fourth-order valence-corrected chi connectivity index (χ4v) is 4.32. The molecule has 0 aliphatic carbocycles. The highest BCUT2D eigenvalue weighted by atomic mass is 79.9. The van der Waals surface area contributed by atoms with Crippen LogP contribution in [0.5, 0.6) is 0 Å². The SMILES string of the molecule is CN(CC1CCCO1)S(=O)(=O)c1ccc(N)cc1Br. The predicted octanol–water partition coefficient (Wildman–Crippen LogP) is 1.83. The number of nitrogens with zero attached hydrogens (tertiary/aromatic N) is 1. The number of nitrogens with two attached hydrogens (primary N) is 1. The highest BCUT2D eigenvalue weighted by Crippen LogP contribution is 2.27. The number of hydrogen-bond acceptors (Lipinski definition) is 4. The summed E-state index contributed by atoms with van der Waals surface area (Å²) in [4.78, 5) is 0.224. The third-order valence-electron chi connectivity index (χ3n) is 3.13. The third kappa shape index (κ3) is 3.28. The lowest BCUT2D eigenvalue weighted by Crippen LogP contribution is -2.34. The summed E-state index contributed by atoms with van der Waals surface area (Å²) in [6.45, 7) is 1.09. The molecule has 1 saturated heterocycles. The van der Waals surface area contributed by atoms with Gasteiger partial charge in [-0.3, -0.25) is 0 Å². The fourth-order valence-electron chi connectivity index (χ4n) is 2.07. The van der Waals surface area contributed by atoms with Crippen molar-refractivity contribution in [2.45, 2.75) is 23.8 Å². The molecular weight excluding hydrogens is 332 g/mol. The van der Waals surface area contributed by atoms with Crippen molar-refractivity contribution in [1.82, 2.24) is 4.31 Å². The topological polar surface area (TPSA) is 72.6 Å². The van der Waals surface area contributed by atoms with Crippen molar-refractivity contribution >= 4 is 31.6 Å². The molecule has 2 N–H and O–H groups in total. The van der Waals surface area contributed by atoms with Crippen LogP contribution < -0.4 is 5.73 Å². The summed E-state index contributed by atoms with van der Waals surface area (Å²) < 4.78 is 32.2. The van der Waals surface area contributed by atoms with Crippen LogP contribution in [0.2, 0.25) is 0 Å². The fraction of sp³-hybridized carbons (Fsp3) is 0.500. The van der Waals surface area contributed by atoms with Gasteiger partial charge >= 0.3 is 0 Å². The molecule has 5 nitrogen and oxygen atoms in total. The van der Waals surface area contributed by atoms with Crippen LogP contribution >= 0.6 is 15.9 Å². The molecule has 0 aromatic heterocycles. The molecule has 0 saturated carbocycles. The average molecular weight is 349 g/mol. The zero-order valence-corrected chi connectivity index (χ0v) is 13.1. The van der Waals surface area contributed by atoms with Crippen LogP contribution in [0.3, 0.4) is 0 Å². The minimum absolute atomic E-state index is 0.00710. The van der Waals surface area contributed by atoms with E-state index in [-0.39, 0.29) is 11.0 Å². The molecule has 1 atom stereocenters. The van der Waals surface area contributed by atoms with E-state index in [1.165, 1.54) is 10.4 Å². The lowest BCUT2D eigenvalue weighted by Gasteiger charge is -2.21. The molecule has 0 bridgehead atoms. The number of anilines is 1. The van der Waals surface area contributed by atoms with Crippen LogP contribution in [0.15, 0.2) is 27.6 Å². The molecule has 1 aliphatic heterocycles. The molecule has 1 heterocycles. The molecule has 1 unspecified atom stereocenters. The maximum atomic E-state index is 12.5. The Kier molecular flexibility index (Phi) is 4.50. The van der Waals surface area contributed by atoms with E-state index in [9.17, 15) is 8.42 Å². The molecule has 7 heteroatoms. The van der Waals surface area contributed by atoms with Gasteiger partial charge in [0.2, 0.25) is 10.0 Å². The number of likely N-dealkylation sites (N-methyl/N-ethyl adjacent to an activating group) is 1. The Morgan fingerprint density at radius 2 is 2.26 bits per heavy atom. The van der Waals surface area contributed by atoms with Crippen LogP contribution in [0.25, 0.3) is 0 Å². The van der Waals surface area contributed by atoms with Crippen LogP contribution in [-0.2, 0) is 14.8 Å². The van der Waals surface area contributed by atoms with Crippen molar-refractivity contribution in [2.24, 2.45) is 0 Å². The Balaban J connectivity index is 2.20. The zero-order valence-electron chi connectivity index (χ0n) is 10.7. The maximum absolute atomic E-state index is 12.5. The molecule has 1 aromatic carbocycles. The zero-order chi connectivity index (χ0) is 14.0. The van der Waals surface area contributed by atoms with Gasteiger partial charge in [-0.15, -0.1) is 0 Å². The molecular formula is C12H17BrN2O3S. The first kappa shape index (κ1) is 14.8. The van der Waals surface area contributed by atoms with Crippen LogP contribution in [0, 0.1) is 0 Å². The second-order valence-corrected chi connectivity index (χ2v) is 7.48. The Hall–Kier alpha value is -0.630. The quantitative estimate of drug-likeness (QED) is 0.842. The Labute approximate surface area is 121 Å². The third-order valence-corrected chi connectivity index (χ3v) is 5.93. The van der Waals surface area contributed by atoms with Gasteiger partial charge < -0.3 is 10.5 Å². The van der Waals surface area contributed by atoms with E-state index in [0.29, 0.717) is 23.3 Å². The minimum Gasteiger partial charge on any atom is -0.399 e. The minimum atomic E-state index is -3.52. The monoisotopic (exact) mass is 348 g/mol. The predicted molar refractivity (Wildman–Crippen MR) is 77.3 cm³/mol. The standard InChI is InChI=1S/C12H17BrN2O3S/c1-15(8-10-3-2-6-18-10)19(16,17)12-5-4-9(14)7-11(12)13/h4-5,7,10H,2-3,6,8,14H2,1H3. The van der Waals surface area contributed by atoms with E-state index < -0.39 is 10.0 Å². The molecule has 1 fully saturated rings. The Morgan fingerprint density at radius 1 is 1.53 bits per heavy atom. The van der Waals surface area contributed by atoms with Crippen molar-refractivity contribution in [3.8, 4) is 0 Å². The van der Waals surface area contributed by atoms with E-state index in [4.69, 9.17) is 10.5 Å². The summed E-state index contributed by atoms with van der Waals surface area (Å²) in [5, 5.41) is 0. The summed E-state index contributed by atoms with van der Waals surface area (Å²) >= 11 is 3.25. The van der Waals surface area contributed by atoms with Crippen molar-refractivity contribution in [3.63, 3.8) is 0 Å². The summed E-state index contributed by atoms with van der Waals surface area (Å²) in [6.07, 6.45) is 1.89. The number of halogens is 1. The highest BCUT2D eigenvalue weighted by Gasteiger charge is 2.27. The summed E-state index contributed by atoms with van der Waals surface area (Å²) in [5.74, 6) is 0. The summed E-state index contributed by atoms with van der Waals surface area (Å²) in [5.41, 5.74) is 6.14. The van der Waals surface area contributed by atoms with Crippen LogP contribution in [-0.4, -0.2) is 39.0 Å². The number of hydrogen-bond donors (Lipinski definition) is 1. The van der Waals surface area contributed by atoms with Crippen LogP contribution in [0.1, 0.15) is 12.8 Å². The normalized spacial score (nSPS) is 20.1. The smallest absolute Gasteiger partial charge is 0.244 e.